The first-order valence-corrected chi connectivity index (χ1v) is 5.17. The molecule has 2 rings (SSSR count). The summed E-state index contributed by atoms with van der Waals surface area (Å²) in [5, 5.41) is 0. The quantitative estimate of drug-likeness (QED) is 0.793. The van der Waals surface area contributed by atoms with E-state index in [0.717, 1.165) is 17.4 Å². The summed E-state index contributed by atoms with van der Waals surface area (Å²) in [6.45, 7) is 0. The smallest absolute Gasteiger partial charge is 0.150 e. The Morgan fingerprint density at radius 2 is 1.56 bits per heavy atom. The van der Waals surface area contributed by atoms with E-state index < -0.39 is 0 Å². The molecule has 1 unspecified atom stereocenters. The number of hydrogen-bond donors (Lipinski definition) is 1. The van der Waals surface area contributed by atoms with Crippen molar-refractivity contribution in [3.05, 3.63) is 71.3 Å². The number of aldehydes is 1. The van der Waals surface area contributed by atoms with Crippen LogP contribution >= 0.6 is 0 Å². The molecule has 0 amide bonds. The van der Waals surface area contributed by atoms with Gasteiger partial charge in [0.15, 0.2) is 0 Å². The lowest BCUT2D eigenvalue weighted by molar-refractivity contribution is 0.112. The van der Waals surface area contributed by atoms with Gasteiger partial charge in [0.2, 0.25) is 0 Å². The highest BCUT2D eigenvalue weighted by Gasteiger charge is 2.11. The van der Waals surface area contributed by atoms with Crippen LogP contribution in [-0.4, -0.2) is 6.29 Å². The van der Waals surface area contributed by atoms with Crippen LogP contribution in [0, 0.1) is 0 Å². The summed E-state index contributed by atoms with van der Waals surface area (Å²) in [6.07, 6.45) is 0.845. The van der Waals surface area contributed by atoms with E-state index in [0.29, 0.717) is 5.56 Å². The zero-order valence-corrected chi connectivity index (χ0v) is 8.84. The highest BCUT2D eigenvalue weighted by molar-refractivity contribution is 5.77. The summed E-state index contributed by atoms with van der Waals surface area (Å²) in [6, 6.07) is 16.9. The van der Waals surface area contributed by atoms with E-state index in [-0.39, 0.29) is 6.04 Å². The predicted molar refractivity (Wildman–Crippen MR) is 64.3 cm³/mol. The number of hydrogen-bond acceptors (Lipinski definition) is 2. The molecule has 0 aliphatic rings. The Kier molecular flexibility index (Phi) is 3.13. The molecule has 0 aliphatic heterocycles. The van der Waals surface area contributed by atoms with E-state index >= 15 is 0 Å². The molecule has 2 aromatic rings. The Morgan fingerprint density at radius 3 is 2.25 bits per heavy atom. The van der Waals surface area contributed by atoms with Crippen molar-refractivity contribution in [2.75, 3.05) is 0 Å². The van der Waals surface area contributed by atoms with Crippen molar-refractivity contribution in [2.45, 2.75) is 6.04 Å². The lowest BCUT2D eigenvalue weighted by atomic mass is 9.96. The predicted octanol–water partition coefficient (Wildman–Crippen LogP) is 2.55. The average Bonchev–Trinajstić information content (AvgIpc) is 2.39. The molecule has 0 fully saturated rings. The van der Waals surface area contributed by atoms with Crippen LogP contribution in [0.1, 0.15) is 27.5 Å². The van der Waals surface area contributed by atoms with Crippen molar-refractivity contribution in [1.29, 1.82) is 0 Å². The van der Waals surface area contributed by atoms with E-state index in [1.54, 1.807) is 6.07 Å². The van der Waals surface area contributed by atoms with Gasteiger partial charge in [-0.25, -0.2) is 0 Å². The molecular weight excluding hydrogens is 198 g/mol. The van der Waals surface area contributed by atoms with Crippen molar-refractivity contribution >= 4 is 6.29 Å². The number of carbonyl (C=O) groups excluding carboxylic acids is 1. The van der Waals surface area contributed by atoms with Crippen LogP contribution in [0.4, 0.5) is 0 Å². The molecule has 0 heterocycles. The lowest BCUT2D eigenvalue weighted by Gasteiger charge is -2.14. The molecule has 2 heteroatoms. The molecule has 80 valence electrons. The first-order chi connectivity index (χ1) is 7.83. The van der Waals surface area contributed by atoms with Gasteiger partial charge < -0.3 is 5.73 Å². The highest BCUT2D eigenvalue weighted by Crippen LogP contribution is 2.21. The van der Waals surface area contributed by atoms with Crippen LogP contribution in [-0.2, 0) is 0 Å². The Bertz CT molecular complexity index is 479. The molecule has 0 saturated carbocycles. The third kappa shape index (κ3) is 2.02. The standard InChI is InChI=1S/C14H13NO/c15-14(11-6-2-1-3-7-11)13-9-5-4-8-12(13)10-16/h1-10,14H,15H2. The summed E-state index contributed by atoms with van der Waals surface area (Å²) < 4.78 is 0. The minimum atomic E-state index is -0.248. The maximum absolute atomic E-state index is 10.9. The summed E-state index contributed by atoms with van der Waals surface area (Å²) in [5.74, 6) is 0. The molecular formula is C14H13NO. The molecule has 0 radical (unpaired) electrons. The molecule has 0 aromatic heterocycles. The van der Waals surface area contributed by atoms with Crippen molar-refractivity contribution < 1.29 is 4.79 Å². The lowest BCUT2D eigenvalue weighted by Crippen LogP contribution is -2.13. The second kappa shape index (κ2) is 4.73. The van der Waals surface area contributed by atoms with Gasteiger partial charge in [0.1, 0.15) is 6.29 Å². The van der Waals surface area contributed by atoms with Crippen LogP contribution < -0.4 is 5.73 Å². The fourth-order valence-electron chi connectivity index (χ4n) is 1.74. The summed E-state index contributed by atoms with van der Waals surface area (Å²) >= 11 is 0. The van der Waals surface area contributed by atoms with Crippen LogP contribution in [0.5, 0.6) is 0 Å². The van der Waals surface area contributed by atoms with Crippen LogP contribution in [0.2, 0.25) is 0 Å². The fraction of sp³-hybridized carbons (Fsp3) is 0.0714. The Hall–Kier alpha value is -1.93. The Balaban J connectivity index is 2.41. The third-order valence-electron chi connectivity index (χ3n) is 2.62. The molecule has 0 spiro atoms. The second-order valence-electron chi connectivity index (χ2n) is 3.64. The number of carbonyl (C=O) groups is 1. The van der Waals surface area contributed by atoms with Gasteiger partial charge in [-0.3, -0.25) is 4.79 Å². The van der Waals surface area contributed by atoms with Crippen LogP contribution in [0.15, 0.2) is 54.6 Å². The van der Waals surface area contributed by atoms with Crippen LogP contribution in [0.25, 0.3) is 0 Å². The van der Waals surface area contributed by atoms with Gasteiger partial charge in [-0.1, -0.05) is 54.6 Å². The maximum Gasteiger partial charge on any atom is 0.150 e. The average molecular weight is 211 g/mol. The molecule has 1 atom stereocenters. The van der Waals surface area contributed by atoms with E-state index in [4.69, 9.17) is 5.73 Å². The minimum Gasteiger partial charge on any atom is -0.320 e. The third-order valence-corrected chi connectivity index (χ3v) is 2.62. The van der Waals surface area contributed by atoms with Gasteiger partial charge in [-0.05, 0) is 11.1 Å². The van der Waals surface area contributed by atoms with E-state index in [2.05, 4.69) is 0 Å². The minimum absolute atomic E-state index is 0.248. The van der Waals surface area contributed by atoms with Crippen LogP contribution in [0.3, 0.4) is 0 Å². The largest absolute Gasteiger partial charge is 0.320 e. The molecule has 2 N–H and O–H groups in total. The number of benzene rings is 2. The molecule has 16 heavy (non-hydrogen) atoms. The monoisotopic (exact) mass is 211 g/mol. The zero-order chi connectivity index (χ0) is 11.4. The van der Waals surface area contributed by atoms with Gasteiger partial charge in [0.25, 0.3) is 0 Å². The molecule has 0 aliphatic carbocycles. The second-order valence-corrected chi connectivity index (χ2v) is 3.64. The summed E-state index contributed by atoms with van der Waals surface area (Å²) in [7, 11) is 0. The SMILES string of the molecule is NC(c1ccccc1)c1ccccc1C=O. The van der Waals surface area contributed by atoms with Gasteiger partial charge in [-0.15, -0.1) is 0 Å². The topological polar surface area (TPSA) is 43.1 Å². The summed E-state index contributed by atoms with van der Waals surface area (Å²) in [5.41, 5.74) is 8.66. The first kappa shape index (κ1) is 10.6. The van der Waals surface area contributed by atoms with E-state index in [1.807, 2.05) is 48.5 Å². The number of rotatable bonds is 3. The van der Waals surface area contributed by atoms with E-state index in [1.165, 1.54) is 0 Å². The summed E-state index contributed by atoms with van der Waals surface area (Å²) in [4.78, 5) is 10.9. The van der Waals surface area contributed by atoms with Crippen molar-refractivity contribution in [3.8, 4) is 0 Å². The van der Waals surface area contributed by atoms with E-state index in [9.17, 15) is 4.79 Å². The van der Waals surface area contributed by atoms with Gasteiger partial charge in [0.05, 0.1) is 6.04 Å². The Morgan fingerprint density at radius 1 is 0.938 bits per heavy atom. The maximum atomic E-state index is 10.9. The molecule has 0 saturated heterocycles. The van der Waals surface area contributed by atoms with Gasteiger partial charge in [0, 0.05) is 5.56 Å². The molecule has 0 bridgehead atoms. The van der Waals surface area contributed by atoms with Crippen molar-refractivity contribution in [2.24, 2.45) is 5.73 Å². The van der Waals surface area contributed by atoms with Crippen molar-refractivity contribution in [3.63, 3.8) is 0 Å². The van der Waals surface area contributed by atoms with Gasteiger partial charge >= 0.3 is 0 Å². The fourth-order valence-corrected chi connectivity index (χ4v) is 1.74. The zero-order valence-electron chi connectivity index (χ0n) is 8.84. The Labute approximate surface area is 94.7 Å². The highest BCUT2D eigenvalue weighted by atomic mass is 16.1. The number of nitrogens with two attached hydrogens (primary N) is 1. The van der Waals surface area contributed by atoms with Gasteiger partial charge in [-0.2, -0.15) is 0 Å². The molecule has 2 nitrogen and oxygen atoms in total. The normalized spacial score (nSPS) is 12.1. The first-order valence-electron chi connectivity index (χ1n) is 5.17. The van der Waals surface area contributed by atoms with Crippen molar-refractivity contribution in [1.82, 2.24) is 0 Å². The molecule has 2 aromatic carbocycles.